The standard InChI is InChI=1S/C17H26BrNO/c1-2-3-4-5-6-10-13-17(20)19-14-16(18)15-11-8-7-9-12-15/h7-9,11-12,16H,2-6,10,13-14H2,1H3,(H,19,20). The lowest BCUT2D eigenvalue weighted by atomic mass is 10.1. The first-order valence-corrected chi connectivity index (χ1v) is 8.61. The maximum absolute atomic E-state index is 11.7. The lowest BCUT2D eigenvalue weighted by Gasteiger charge is -2.11. The number of hydrogen-bond donors (Lipinski definition) is 1. The minimum atomic E-state index is 0.167. The van der Waals surface area contributed by atoms with Crippen LogP contribution < -0.4 is 5.32 Å². The van der Waals surface area contributed by atoms with Gasteiger partial charge in [0, 0.05) is 13.0 Å². The monoisotopic (exact) mass is 339 g/mol. The van der Waals surface area contributed by atoms with Crippen molar-refractivity contribution in [3.63, 3.8) is 0 Å². The summed E-state index contributed by atoms with van der Waals surface area (Å²) in [6.07, 6.45) is 7.97. The minimum Gasteiger partial charge on any atom is -0.355 e. The molecule has 0 bridgehead atoms. The summed E-state index contributed by atoms with van der Waals surface area (Å²) in [5.74, 6) is 0.167. The van der Waals surface area contributed by atoms with E-state index in [1.807, 2.05) is 18.2 Å². The topological polar surface area (TPSA) is 29.1 Å². The molecule has 0 fully saturated rings. The van der Waals surface area contributed by atoms with Gasteiger partial charge >= 0.3 is 0 Å². The molecule has 3 heteroatoms. The van der Waals surface area contributed by atoms with Crippen LogP contribution in [0.15, 0.2) is 30.3 Å². The second-order valence-corrected chi connectivity index (χ2v) is 6.31. The van der Waals surface area contributed by atoms with Gasteiger partial charge in [-0.2, -0.15) is 0 Å². The van der Waals surface area contributed by atoms with E-state index in [9.17, 15) is 4.79 Å². The number of amides is 1. The maximum Gasteiger partial charge on any atom is 0.220 e. The minimum absolute atomic E-state index is 0.167. The van der Waals surface area contributed by atoms with Crippen LogP contribution in [-0.2, 0) is 4.79 Å². The van der Waals surface area contributed by atoms with E-state index in [2.05, 4.69) is 40.3 Å². The van der Waals surface area contributed by atoms with Crippen LogP contribution in [0.5, 0.6) is 0 Å². The molecule has 0 aromatic heterocycles. The third-order valence-electron chi connectivity index (χ3n) is 3.40. The first-order valence-electron chi connectivity index (χ1n) is 7.69. The summed E-state index contributed by atoms with van der Waals surface area (Å²) in [6, 6.07) is 10.2. The third kappa shape index (κ3) is 7.68. The van der Waals surface area contributed by atoms with Crippen LogP contribution in [0.4, 0.5) is 0 Å². The summed E-state index contributed by atoms with van der Waals surface area (Å²) in [5.41, 5.74) is 1.20. The number of unbranched alkanes of at least 4 members (excludes halogenated alkanes) is 5. The zero-order chi connectivity index (χ0) is 14.6. The number of carbonyl (C=O) groups is 1. The lowest BCUT2D eigenvalue weighted by Crippen LogP contribution is -2.26. The van der Waals surface area contributed by atoms with Gasteiger partial charge < -0.3 is 5.32 Å². The highest BCUT2D eigenvalue weighted by Gasteiger charge is 2.08. The van der Waals surface area contributed by atoms with Crippen LogP contribution in [0.2, 0.25) is 0 Å². The van der Waals surface area contributed by atoms with Gasteiger partial charge in [0.1, 0.15) is 0 Å². The molecule has 0 radical (unpaired) electrons. The summed E-state index contributed by atoms with van der Waals surface area (Å²) in [4.78, 5) is 11.9. The number of hydrogen-bond acceptors (Lipinski definition) is 1. The highest BCUT2D eigenvalue weighted by Crippen LogP contribution is 2.21. The van der Waals surface area contributed by atoms with E-state index in [1.54, 1.807) is 0 Å². The Morgan fingerprint density at radius 2 is 1.75 bits per heavy atom. The predicted molar refractivity (Wildman–Crippen MR) is 89.1 cm³/mol. The maximum atomic E-state index is 11.7. The van der Waals surface area contributed by atoms with Gasteiger partial charge in [0.2, 0.25) is 5.91 Å². The van der Waals surface area contributed by atoms with Gasteiger partial charge in [-0.3, -0.25) is 4.79 Å². The fraction of sp³-hybridized carbons (Fsp3) is 0.588. The number of nitrogens with one attached hydrogen (secondary N) is 1. The van der Waals surface area contributed by atoms with Crippen molar-refractivity contribution in [3.05, 3.63) is 35.9 Å². The molecule has 20 heavy (non-hydrogen) atoms. The Kier molecular flexibility index (Phi) is 9.38. The Hall–Kier alpha value is -0.830. The van der Waals surface area contributed by atoms with Gasteiger partial charge in [-0.1, -0.05) is 85.3 Å². The quantitative estimate of drug-likeness (QED) is 0.472. The van der Waals surface area contributed by atoms with E-state index < -0.39 is 0 Å². The first-order chi connectivity index (χ1) is 9.74. The van der Waals surface area contributed by atoms with Crippen molar-refractivity contribution in [1.82, 2.24) is 5.32 Å². The Bertz CT molecular complexity index is 367. The van der Waals surface area contributed by atoms with Gasteiger partial charge in [-0.05, 0) is 12.0 Å². The molecular weight excluding hydrogens is 314 g/mol. The van der Waals surface area contributed by atoms with Gasteiger partial charge in [0.15, 0.2) is 0 Å². The zero-order valence-electron chi connectivity index (χ0n) is 12.4. The second kappa shape index (κ2) is 10.9. The van der Waals surface area contributed by atoms with Crippen molar-refractivity contribution in [3.8, 4) is 0 Å². The summed E-state index contributed by atoms with van der Waals surface area (Å²) < 4.78 is 0. The van der Waals surface area contributed by atoms with E-state index in [4.69, 9.17) is 0 Å². The van der Waals surface area contributed by atoms with Crippen LogP contribution >= 0.6 is 15.9 Å². The van der Waals surface area contributed by atoms with Crippen molar-refractivity contribution in [2.45, 2.75) is 56.7 Å². The molecule has 1 rings (SSSR count). The Morgan fingerprint density at radius 1 is 1.10 bits per heavy atom. The van der Waals surface area contributed by atoms with Crippen LogP contribution in [0.1, 0.15) is 62.3 Å². The van der Waals surface area contributed by atoms with Crippen molar-refractivity contribution < 1.29 is 4.79 Å². The van der Waals surface area contributed by atoms with E-state index >= 15 is 0 Å². The third-order valence-corrected chi connectivity index (χ3v) is 4.25. The van der Waals surface area contributed by atoms with Crippen molar-refractivity contribution in [1.29, 1.82) is 0 Å². The highest BCUT2D eigenvalue weighted by molar-refractivity contribution is 9.09. The predicted octanol–water partition coefficient (Wildman–Crippen LogP) is 4.99. The lowest BCUT2D eigenvalue weighted by molar-refractivity contribution is -0.121. The number of rotatable bonds is 10. The number of benzene rings is 1. The molecule has 1 amide bonds. The van der Waals surface area contributed by atoms with Gasteiger partial charge in [-0.15, -0.1) is 0 Å². The molecule has 1 N–H and O–H groups in total. The summed E-state index contributed by atoms with van der Waals surface area (Å²) in [7, 11) is 0. The average molecular weight is 340 g/mol. The van der Waals surface area contributed by atoms with Crippen molar-refractivity contribution in [2.24, 2.45) is 0 Å². The molecule has 0 aliphatic carbocycles. The average Bonchev–Trinajstić information content (AvgIpc) is 2.49. The van der Waals surface area contributed by atoms with Gasteiger partial charge in [0.05, 0.1) is 4.83 Å². The first kappa shape index (κ1) is 17.2. The molecule has 1 aromatic rings. The van der Waals surface area contributed by atoms with Crippen LogP contribution in [0.25, 0.3) is 0 Å². The normalized spacial score (nSPS) is 12.1. The molecule has 0 spiro atoms. The number of carbonyl (C=O) groups excluding carboxylic acids is 1. The van der Waals surface area contributed by atoms with Crippen LogP contribution in [-0.4, -0.2) is 12.5 Å². The molecule has 0 heterocycles. The van der Waals surface area contributed by atoms with Gasteiger partial charge in [-0.25, -0.2) is 0 Å². The van der Waals surface area contributed by atoms with E-state index in [0.717, 1.165) is 6.42 Å². The highest BCUT2D eigenvalue weighted by atomic mass is 79.9. The molecule has 0 aliphatic rings. The molecule has 2 nitrogen and oxygen atoms in total. The SMILES string of the molecule is CCCCCCCCC(=O)NCC(Br)c1ccccc1. The van der Waals surface area contributed by atoms with Crippen molar-refractivity contribution in [2.75, 3.05) is 6.54 Å². The fourth-order valence-corrected chi connectivity index (χ4v) is 2.60. The Labute approximate surface area is 131 Å². The van der Waals surface area contributed by atoms with E-state index in [0.29, 0.717) is 13.0 Å². The molecule has 1 unspecified atom stereocenters. The Morgan fingerprint density at radius 3 is 2.45 bits per heavy atom. The summed E-state index contributed by atoms with van der Waals surface area (Å²) in [6.45, 7) is 2.87. The van der Waals surface area contributed by atoms with Crippen LogP contribution in [0, 0.1) is 0 Å². The van der Waals surface area contributed by atoms with Crippen LogP contribution in [0.3, 0.4) is 0 Å². The molecule has 112 valence electrons. The zero-order valence-corrected chi connectivity index (χ0v) is 14.0. The van der Waals surface area contributed by atoms with Crippen molar-refractivity contribution >= 4 is 21.8 Å². The molecule has 1 aromatic carbocycles. The van der Waals surface area contributed by atoms with E-state index in [-0.39, 0.29) is 10.7 Å². The smallest absolute Gasteiger partial charge is 0.220 e. The largest absolute Gasteiger partial charge is 0.355 e. The molecule has 0 saturated carbocycles. The number of alkyl halides is 1. The molecular formula is C17H26BrNO. The fourth-order valence-electron chi connectivity index (χ4n) is 2.14. The Balaban J connectivity index is 2.08. The summed E-state index contributed by atoms with van der Waals surface area (Å²) >= 11 is 3.61. The molecule has 0 aliphatic heterocycles. The number of halogens is 1. The van der Waals surface area contributed by atoms with E-state index in [1.165, 1.54) is 37.7 Å². The molecule has 0 saturated heterocycles. The van der Waals surface area contributed by atoms with Gasteiger partial charge in [0.25, 0.3) is 0 Å². The summed E-state index contributed by atoms with van der Waals surface area (Å²) in [5, 5.41) is 3.00. The second-order valence-electron chi connectivity index (χ2n) is 5.20. The molecule has 1 atom stereocenters.